The molecule has 0 aliphatic heterocycles. The van der Waals surface area contributed by atoms with E-state index < -0.39 is 12.1 Å². The van der Waals surface area contributed by atoms with E-state index in [9.17, 15) is 5.11 Å². The fourth-order valence-electron chi connectivity index (χ4n) is 2.74. The molecule has 0 amide bonds. The molecule has 3 N–H and O–H groups in total. The van der Waals surface area contributed by atoms with E-state index in [0.717, 1.165) is 36.9 Å². The van der Waals surface area contributed by atoms with Gasteiger partial charge in [-0.2, -0.15) is 0 Å². The van der Waals surface area contributed by atoms with E-state index in [1.54, 1.807) is 0 Å². The maximum Gasteiger partial charge on any atom is 0.0802 e. The van der Waals surface area contributed by atoms with Crippen LogP contribution in [0.4, 0.5) is 5.69 Å². The van der Waals surface area contributed by atoms with Crippen LogP contribution >= 0.6 is 0 Å². The van der Waals surface area contributed by atoms with Crippen molar-refractivity contribution in [2.75, 3.05) is 18.5 Å². The van der Waals surface area contributed by atoms with Crippen LogP contribution in [0.1, 0.15) is 51.6 Å². The standard InChI is InChI=1S/C16H26N2O/c1-18(14-7-3-2-4-8-14)15-9-5-6-13(12-15)16(19)10-11-17/h5-6,9,12,14,16,19H,2-4,7-8,10-11,17H2,1H3/i14D. The summed E-state index contributed by atoms with van der Waals surface area (Å²) in [6, 6.07) is 7.38. The van der Waals surface area contributed by atoms with E-state index in [0.29, 0.717) is 13.0 Å². The molecule has 0 spiro atoms. The third kappa shape index (κ3) is 3.71. The van der Waals surface area contributed by atoms with E-state index >= 15 is 0 Å². The molecule has 1 atom stereocenters. The second kappa shape index (κ2) is 6.92. The van der Waals surface area contributed by atoms with Crippen LogP contribution < -0.4 is 10.6 Å². The highest BCUT2D eigenvalue weighted by atomic mass is 16.3. The van der Waals surface area contributed by atoms with Crippen LogP contribution in [-0.2, 0) is 0 Å². The minimum atomic E-state index is -0.513. The topological polar surface area (TPSA) is 49.5 Å². The number of nitrogens with two attached hydrogens (primary N) is 1. The molecule has 0 saturated heterocycles. The third-order valence-corrected chi connectivity index (χ3v) is 3.99. The summed E-state index contributed by atoms with van der Waals surface area (Å²) >= 11 is 0. The van der Waals surface area contributed by atoms with Crippen LogP contribution in [0.3, 0.4) is 0 Å². The van der Waals surface area contributed by atoms with Crippen molar-refractivity contribution in [3.63, 3.8) is 0 Å². The second-order valence-corrected chi connectivity index (χ2v) is 5.37. The lowest BCUT2D eigenvalue weighted by Gasteiger charge is -2.33. The molecule has 1 fully saturated rings. The van der Waals surface area contributed by atoms with Gasteiger partial charge in [-0.1, -0.05) is 31.4 Å². The zero-order valence-electron chi connectivity index (χ0n) is 12.8. The van der Waals surface area contributed by atoms with Crippen molar-refractivity contribution in [3.8, 4) is 0 Å². The molecule has 2 rings (SSSR count). The highest BCUT2D eigenvalue weighted by Gasteiger charge is 2.19. The van der Waals surface area contributed by atoms with Gasteiger partial charge >= 0.3 is 0 Å². The molecule has 3 heteroatoms. The summed E-state index contributed by atoms with van der Waals surface area (Å²) in [5, 5.41) is 10.1. The van der Waals surface area contributed by atoms with Crippen LogP contribution in [0.15, 0.2) is 24.3 Å². The summed E-state index contributed by atoms with van der Waals surface area (Å²) in [6.45, 7) is 0.476. The Kier molecular flexibility index (Phi) is 4.72. The number of aliphatic hydroxyl groups is 1. The average Bonchev–Trinajstić information content (AvgIpc) is 2.47. The van der Waals surface area contributed by atoms with Gasteiger partial charge in [-0.25, -0.2) is 0 Å². The summed E-state index contributed by atoms with van der Waals surface area (Å²) in [5.41, 5.74) is 7.40. The molecular formula is C16H26N2O. The Morgan fingerprint density at radius 3 is 2.84 bits per heavy atom. The molecule has 106 valence electrons. The van der Waals surface area contributed by atoms with Crippen molar-refractivity contribution in [2.24, 2.45) is 5.73 Å². The molecule has 19 heavy (non-hydrogen) atoms. The number of anilines is 1. The highest BCUT2D eigenvalue weighted by molar-refractivity contribution is 5.49. The Hall–Kier alpha value is -1.06. The first kappa shape index (κ1) is 12.9. The van der Waals surface area contributed by atoms with Crippen LogP contribution in [0.25, 0.3) is 0 Å². The number of hydrogen-bond acceptors (Lipinski definition) is 3. The average molecular weight is 263 g/mol. The Balaban J connectivity index is 2.17. The van der Waals surface area contributed by atoms with Gasteiger partial charge in [-0.3, -0.25) is 0 Å². The molecule has 0 radical (unpaired) electrons. The first-order valence-electron chi connectivity index (χ1n) is 7.79. The van der Waals surface area contributed by atoms with Gasteiger partial charge in [0.15, 0.2) is 0 Å². The first-order chi connectivity index (χ1) is 9.57. The van der Waals surface area contributed by atoms with Crippen molar-refractivity contribution < 1.29 is 6.48 Å². The monoisotopic (exact) mass is 263 g/mol. The predicted octanol–water partition coefficient (Wildman–Crippen LogP) is 2.84. The van der Waals surface area contributed by atoms with Gasteiger partial charge in [0.1, 0.15) is 0 Å². The lowest BCUT2D eigenvalue weighted by molar-refractivity contribution is 0.170. The molecule has 1 saturated carbocycles. The first-order valence-corrected chi connectivity index (χ1v) is 7.29. The summed E-state index contributed by atoms with van der Waals surface area (Å²) in [5.74, 6) is 0. The van der Waals surface area contributed by atoms with Crippen LogP contribution in [-0.4, -0.2) is 24.7 Å². The summed E-state index contributed by atoms with van der Waals surface area (Å²) in [7, 11) is 1.99. The Labute approximate surface area is 117 Å². The molecule has 1 unspecified atom stereocenters. The van der Waals surface area contributed by atoms with Crippen LogP contribution in [0.5, 0.6) is 0 Å². The zero-order valence-corrected chi connectivity index (χ0v) is 11.8. The van der Waals surface area contributed by atoms with Gasteiger partial charge in [0.05, 0.1) is 7.47 Å². The maximum absolute atomic E-state index is 10.1. The Morgan fingerprint density at radius 1 is 1.42 bits per heavy atom. The molecule has 0 heterocycles. The van der Waals surface area contributed by atoms with Crippen molar-refractivity contribution in [2.45, 2.75) is 50.6 Å². The minimum absolute atomic E-state index is 0.476. The lowest BCUT2D eigenvalue weighted by Crippen LogP contribution is -2.33. The maximum atomic E-state index is 10.1. The predicted molar refractivity (Wildman–Crippen MR) is 80.3 cm³/mol. The second-order valence-electron chi connectivity index (χ2n) is 5.37. The highest BCUT2D eigenvalue weighted by Crippen LogP contribution is 2.28. The third-order valence-electron chi connectivity index (χ3n) is 3.99. The van der Waals surface area contributed by atoms with Crippen molar-refractivity contribution in [1.29, 1.82) is 0 Å². The number of aliphatic hydroxyl groups excluding tert-OH is 1. The zero-order chi connectivity index (χ0) is 14.6. The van der Waals surface area contributed by atoms with Crippen molar-refractivity contribution >= 4 is 5.69 Å². The van der Waals surface area contributed by atoms with E-state index in [2.05, 4.69) is 4.90 Å². The minimum Gasteiger partial charge on any atom is -0.388 e. The van der Waals surface area contributed by atoms with E-state index in [-0.39, 0.29) is 0 Å². The quantitative estimate of drug-likeness (QED) is 0.859. The van der Waals surface area contributed by atoms with Gasteiger partial charge in [-0.05, 0) is 43.5 Å². The lowest BCUT2D eigenvalue weighted by atomic mass is 9.94. The molecule has 1 aromatic carbocycles. The molecule has 1 aliphatic rings. The molecule has 1 aliphatic carbocycles. The Morgan fingerprint density at radius 2 is 2.16 bits per heavy atom. The SMILES string of the molecule is [2H]C1(N(C)c2cccc(C(O)CCN)c2)CCCCC1. The molecule has 3 nitrogen and oxygen atoms in total. The van der Waals surface area contributed by atoms with Gasteiger partial charge < -0.3 is 15.7 Å². The molecule has 1 aromatic rings. The summed E-state index contributed by atoms with van der Waals surface area (Å²) in [4.78, 5) is 2.06. The summed E-state index contributed by atoms with van der Waals surface area (Å²) in [6.07, 6.45) is 5.38. The number of benzene rings is 1. The van der Waals surface area contributed by atoms with Crippen LogP contribution in [0, 0.1) is 0 Å². The molecule has 0 bridgehead atoms. The van der Waals surface area contributed by atoms with Gasteiger partial charge in [0.25, 0.3) is 0 Å². The Bertz CT molecular complexity index is 432. The van der Waals surface area contributed by atoms with E-state index in [1.807, 2.05) is 31.3 Å². The van der Waals surface area contributed by atoms with Gasteiger partial charge in [-0.15, -0.1) is 0 Å². The van der Waals surface area contributed by atoms with Crippen molar-refractivity contribution in [1.82, 2.24) is 0 Å². The van der Waals surface area contributed by atoms with Crippen LogP contribution in [0.2, 0.25) is 0 Å². The largest absolute Gasteiger partial charge is 0.388 e. The van der Waals surface area contributed by atoms with Crippen molar-refractivity contribution in [3.05, 3.63) is 29.8 Å². The van der Waals surface area contributed by atoms with E-state index in [1.165, 1.54) is 6.42 Å². The normalized spacial score (nSPS) is 20.7. The van der Waals surface area contributed by atoms with Gasteiger partial charge in [0, 0.05) is 18.8 Å². The smallest absolute Gasteiger partial charge is 0.0802 e. The van der Waals surface area contributed by atoms with E-state index in [4.69, 9.17) is 7.10 Å². The number of hydrogen-bond donors (Lipinski definition) is 2. The molecule has 0 aromatic heterocycles. The molecular weight excluding hydrogens is 236 g/mol. The summed E-state index contributed by atoms with van der Waals surface area (Å²) < 4.78 is 8.67. The number of rotatable bonds is 5. The number of nitrogens with zero attached hydrogens (tertiary/aromatic N) is 1. The fraction of sp³-hybridized carbons (Fsp3) is 0.625. The van der Waals surface area contributed by atoms with Gasteiger partial charge in [0.2, 0.25) is 0 Å². The fourth-order valence-corrected chi connectivity index (χ4v) is 2.74.